The van der Waals surface area contributed by atoms with Crippen LogP contribution < -0.4 is 5.82 Å². The summed E-state index contributed by atoms with van der Waals surface area (Å²) >= 11 is 0. The molecule has 11 heavy (non-hydrogen) atoms. The lowest BCUT2D eigenvalue weighted by molar-refractivity contribution is -0.140. The van der Waals surface area contributed by atoms with Gasteiger partial charge in [-0.1, -0.05) is 0 Å². The SMILES string of the molecule is O=c1occ(COC(F)F)o1. The van der Waals surface area contributed by atoms with E-state index in [0.29, 0.717) is 0 Å². The lowest BCUT2D eigenvalue weighted by Gasteiger charge is -1.95. The quantitative estimate of drug-likeness (QED) is 0.671. The van der Waals surface area contributed by atoms with E-state index in [1.54, 1.807) is 0 Å². The molecule has 0 saturated carbocycles. The van der Waals surface area contributed by atoms with E-state index < -0.39 is 19.0 Å². The first kappa shape index (κ1) is 7.93. The first-order chi connectivity index (χ1) is 5.18. The van der Waals surface area contributed by atoms with Crippen molar-refractivity contribution in [2.45, 2.75) is 13.2 Å². The molecule has 0 aliphatic carbocycles. The number of rotatable bonds is 3. The molecule has 1 aromatic rings. The van der Waals surface area contributed by atoms with Crippen molar-refractivity contribution in [2.75, 3.05) is 0 Å². The van der Waals surface area contributed by atoms with Crippen molar-refractivity contribution in [3.05, 3.63) is 22.6 Å². The minimum Gasteiger partial charge on any atom is -0.399 e. The van der Waals surface area contributed by atoms with Gasteiger partial charge in [0.25, 0.3) is 0 Å². The molecule has 0 saturated heterocycles. The Morgan fingerprint density at radius 3 is 2.82 bits per heavy atom. The van der Waals surface area contributed by atoms with Crippen LogP contribution in [0.25, 0.3) is 0 Å². The van der Waals surface area contributed by atoms with Gasteiger partial charge >= 0.3 is 12.4 Å². The maximum absolute atomic E-state index is 11.4. The Hall–Kier alpha value is -1.17. The van der Waals surface area contributed by atoms with E-state index in [-0.39, 0.29) is 5.76 Å². The van der Waals surface area contributed by atoms with Crippen molar-refractivity contribution in [2.24, 2.45) is 0 Å². The van der Waals surface area contributed by atoms with Crippen molar-refractivity contribution in [1.29, 1.82) is 0 Å². The smallest absolute Gasteiger partial charge is 0.399 e. The van der Waals surface area contributed by atoms with E-state index in [1.165, 1.54) is 0 Å². The average Bonchev–Trinajstić information content (AvgIpc) is 2.31. The van der Waals surface area contributed by atoms with E-state index in [9.17, 15) is 13.6 Å². The first-order valence-electron chi connectivity index (χ1n) is 2.66. The molecule has 6 heteroatoms. The van der Waals surface area contributed by atoms with E-state index in [2.05, 4.69) is 13.6 Å². The molecule has 0 spiro atoms. The first-order valence-corrected chi connectivity index (χ1v) is 2.66. The van der Waals surface area contributed by atoms with E-state index in [4.69, 9.17) is 0 Å². The number of ether oxygens (including phenoxy) is 1. The van der Waals surface area contributed by atoms with Crippen molar-refractivity contribution in [3.8, 4) is 0 Å². The molecule has 0 amide bonds. The Labute approximate surface area is 59.4 Å². The normalized spacial score (nSPS) is 10.8. The third-order valence-electron chi connectivity index (χ3n) is 0.853. The van der Waals surface area contributed by atoms with Gasteiger partial charge in [-0.15, -0.1) is 0 Å². The standard InChI is InChI=1S/C5H4F2O4/c6-4(7)9-1-3-2-10-5(8)11-3/h2,4H,1H2. The van der Waals surface area contributed by atoms with E-state index in [0.717, 1.165) is 6.26 Å². The summed E-state index contributed by atoms with van der Waals surface area (Å²) in [5, 5.41) is 0. The fourth-order valence-electron chi connectivity index (χ4n) is 0.478. The number of hydrogen-bond acceptors (Lipinski definition) is 4. The molecule has 1 aromatic heterocycles. The second-order valence-electron chi connectivity index (χ2n) is 1.63. The Morgan fingerprint density at radius 2 is 2.36 bits per heavy atom. The Morgan fingerprint density at radius 1 is 1.64 bits per heavy atom. The minimum atomic E-state index is -2.88. The second kappa shape index (κ2) is 3.29. The predicted molar refractivity (Wildman–Crippen MR) is 28.0 cm³/mol. The average molecular weight is 166 g/mol. The molecule has 0 aromatic carbocycles. The summed E-state index contributed by atoms with van der Waals surface area (Å²) < 4.78 is 34.9. The van der Waals surface area contributed by atoms with E-state index >= 15 is 0 Å². The highest BCUT2D eigenvalue weighted by Crippen LogP contribution is 2.02. The fourth-order valence-corrected chi connectivity index (χ4v) is 0.478. The van der Waals surface area contributed by atoms with Crippen LogP contribution in [-0.4, -0.2) is 6.61 Å². The fraction of sp³-hybridized carbons (Fsp3) is 0.400. The summed E-state index contributed by atoms with van der Waals surface area (Å²) in [5.74, 6) is -0.992. The minimum absolute atomic E-state index is 0.0599. The molecule has 0 aliphatic heterocycles. The van der Waals surface area contributed by atoms with Crippen molar-refractivity contribution in [3.63, 3.8) is 0 Å². The van der Waals surface area contributed by atoms with Gasteiger partial charge in [0.2, 0.25) is 0 Å². The summed E-state index contributed by atoms with van der Waals surface area (Å²) in [5.41, 5.74) is 0. The number of halogens is 2. The van der Waals surface area contributed by atoms with Crippen molar-refractivity contribution in [1.82, 2.24) is 0 Å². The van der Waals surface area contributed by atoms with Crippen molar-refractivity contribution < 1.29 is 22.4 Å². The van der Waals surface area contributed by atoms with Gasteiger partial charge in [0.15, 0.2) is 5.76 Å². The lowest BCUT2D eigenvalue weighted by Crippen LogP contribution is -1.98. The maximum Gasteiger partial charge on any atom is 0.518 e. The topological polar surface area (TPSA) is 52.6 Å². The van der Waals surface area contributed by atoms with Crippen LogP contribution in [0, 0.1) is 0 Å². The second-order valence-corrected chi connectivity index (χ2v) is 1.63. The summed E-state index contributed by atoms with van der Waals surface area (Å²) in [7, 11) is 0. The summed E-state index contributed by atoms with van der Waals surface area (Å²) in [4.78, 5) is 10.2. The van der Waals surface area contributed by atoms with Crippen LogP contribution in [0.15, 0.2) is 19.9 Å². The molecular formula is C5H4F2O4. The zero-order valence-electron chi connectivity index (χ0n) is 5.25. The van der Waals surface area contributed by atoms with Gasteiger partial charge in [-0.25, -0.2) is 4.79 Å². The van der Waals surface area contributed by atoms with Crippen LogP contribution in [0.5, 0.6) is 0 Å². The van der Waals surface area contributed by atoms with Crippen LogP contribution in [0.4, 0.5) is 8.78 Å². The molecule has 1 heterocycles. The number of hydrogen-bond donors (Lipinski definition) is 0. The monoisotopic (exact) mass is 166 g/mol. The van der Waals surface area contributed by atoms with Gasteiger partial charge in [0.05, 0.1) is 0 Å². The summed E-state index contributed by atoms with van der Waals surface area (Å²) in [6.07, 6.45) is 0.921. The van der Waals surface area contributed by atoms with Gasteiger partial charge in [0, 0.05) is 0 Å². The van der Waals surface area contributed by atoms with Gasteiger partial charge in [-0.05, 0) is 0 Å². The molecule has 0 unspecified atom stereocenters. The van der Waals surface area contributed by atoms with Crippen LogP contribution >= 0.6 is 0 Å². The van der Waals surface area contributed by atoms with E-state index in [1.807, 2.05) is 0 Å². The molecule has 0 radical (unpaired) electrons. The van der Waals surface area contributed by atoms with Crippen LogP contribution in [-0.2, 0) is 11.3 Å². The van der Waals surface area contributed by atoms with Crippen molar-refractivity contribution >= 4 is 0 Å². The molecule has 0 atom stereocenters. The molecule has 0 aliphatic rings. The summed E-state index contributed by atoms with van der Waals surface area (Å²) in [6, 6.07) is 0. The molecule has 0 fully saturated rings. The molecule has 4 nitrogen and oxygen atoms in total. The highest BCUT2D eigenvalue weighted by molar-refractivity contribution is 4.81. The Kier molecular flexibility index (Phi) is 2.37. The van der Waals surface area contributed by atoms with Crippen LogP contribution in [0.1, 0.15) is 5.76 Å². The van der Waals surface area contributed by atoms with Crippen LogP contribution in [0.2, 0.25) is 0 Å². The van der Waals surface area contributed by atoms with Crippen LogP contribution in [0.3, 0.4) is 0 Å². The highest BCUT2D eigenvalue weighted by atomic mass is 19.3. The number of alkyl halides is 2. The third-order valence-corrected chi connectivity index (χ3v) is 0.853. The largest absolute Gasteiger partial charge is 0.518 e. The molecule has 62 valence electrons. The van der Waals surface area contributed by atoms with Gasteiger partial charge in [-0.2, -0.15) is 8.78 Å². The Bertz CT molecular complexity index is 263. The highest BCUT2D eigenvalue weighted by Gasteiger charge is 2.05. The zero-order valence-corrected chi connectivity index (χ0v) is 5.25. The molecule has 0 N–H and O–H groups in total. The maximum atomic E-state index is 11.4. The zero-order chi connectivity index (χ0) is 8.27. The van der Waals surface area contributed by atoms with Gasteiger partial charge in [0.1, 0.15) is 12.9 Å². The van der Waals surface area contributed by atoms with Gasteiger partial charge in [-0.3, -0.25) is 0 Å². The Balaban J connectivity index is 2.45. The lowest BCUT2D eigenvalue weighted by atomic mass is 10.6. The third kappa shape index (κ3) is 2.50. The molecular weight excluding hydrogens is 162 g/mol. The molecule has 1 rings (SSSR count). The van der Waals surface area contributed by atoms with Gasteiger partial charge < -0.3 is 13.6 Å². The predicted octanol–water partition coefficient (Wildman–Crippen LogP) is 0.972. The summed E-state index contributed by atoms with van der Waals surface area (Å²) in [6.45, 7) is -3.35. The molecule has 0 bridgehead atoms.